The van der Waals surface area contributed by atoms with Crippen LogP contribution in [0.15, 0.2) is 30.3 Å². The maximum absolute atomic E-state index is 14.1. The van der Waals surface area contributed by atoms with Gasteiger partial charge in [-0.3, -0.25) is 0 Å². The highest BCUT2D eigenvalue weighted by atomic mass is 32.2. The highest BCUT2D eigenvalue weighted by Crippen LogP contribution is 2.34. The Morgan fingerprint density at radius 3 is 2.73 bits per heavy atom. The van der Waals surface area contributed by atoms with Crippen LogP contribution < -0.4 is 4.72 Å². The van der Waals surface area contributed by atoms with Crippen LogP contribution in [0, 0.1) is 18.3 Å². The number of hydrogen-bond acceptors (Lipinski definition) is 4. The van der Waals surface area contributed by atoms with Crippen LogP contribution in [-0.4, -0.2) is 50.7 Å². The average Bonchev–Trinajstić information content (AvgIpc) is 2.60. The Morgan fingerprint density at radius 1 is 1.38 bits per heavy atom. The van der Waals surface area contributed by atoms with E-state index in [1.54, 1.807) is 24.3 Å². The van der Waals surface area contributed by atoms with E-state index in [1.807, 2.05) is 6.07 Å². The van der Waals surface area contributed by atoms with Gasteiger partial charge >= 0.3 is 6.09 Å². The predicted molar refractivity (Wildman–Crippen MR) is 91.9 cm³/mol. The van der Waals surface area contributed by atoms with Gasteiger partial charge in [0.25, 0.3) is 5.92 Å². The molecule has 1 fully saturated rings. The summed E-state index contributed by atoms with van der Waals surface area (Å²) >= 11 is 0. The van der Waals surface area contributed by atoms with Crippen molar-refractivity contribution in [1.29, 1.82) is 0 Å². The number of alkyl halides is 2. The van der Waals surface area contributed by atoms with E-state index < -0.39 is 46.7 Å². The molecular formula is C17H20F2N2O4S. The van der Waals surface area contributed by atoms with Crippen molar-refractivity contribution >= 4 is 16.1 Å². The molecule has 1 aliphatic rings. The first kappa shape index (κ1) is 20.1. The van der Waals surface area contributed by atoms with Gasteiger partial charge in [0.2, 0.25) is 10.0 Å². The Bertz CT molecular complexity index is 763. The molecule has 26 heavy (non-hydrogen) atoms. The van der Waals surface area contributed by atoms with E-state index in [4.69, 9.17) is 11.2 Å². The van der Waals surface area contributed by atoms with Gasteiger partial charge in [-0.2, -0.15) is 0 Å². The van der Waals surface area contributed by atoms with Gasteiger partial charge in [0.05, 0.1) is 18.2 Å². The molecule has 0 saturated carbocycles. The Labute approximate surface area is 151 Å². The molecule has 0 aromatic heterocycles. The largest absolute Gasteiger partial charge is 0.445 e. The molecule has 1 saturated heterocycles. The van der Waals surface area contributed by atoms with E-state index in [9.17, 15) is 22.0 Å². The smallest absolute Gasteiger partial charge is 0.410 e. The Morgan fingerprint density at radius 2 is 2.08 bits per heavy atom. The molecule has 1 N–H and O–H groups in total. The van der Waals surface area contributed by atoms with Crippen molar-refractivity contribution in [2.75, 3.05) is 25.4 Å². The zero-order valence-electron chi connectivity index (χ0n) is 14.0. The summed E-state index contributed by atoms with van der Waals surface area (Å²) in [6.45, 7) is -0.866. The third kappa shape index (κ3) is 5.68. The van der Waals surface area contributed by atoms with Crippen molar-refractivity contribution in [2.45, 2.75) is 19.0 Å². The summed E-state index contributed by atoms with van der Waals surface area (Å²) in [6, 6.07) is 8.93. The van der Waals surface area contributed by atoms with E-state index in [0.29, 0.717) is 0 Å². The Kier molecular flexibility index (Phi) is 6.56. The molecule has 2 rings (SSSR count). The monoisotopic (exact) mass is 386 g/mol. The van der Waals surface area contributed by atoms with Crippen molar-refractivity contribution < 1.29 is 26.7 Å². The molecule has 6 nitrogen and oxygen atoms in total. The van der Waals surface area contributed by atoms with E-state index in [-0.39, 0.29) is 19.7 Å². The quantitative estimate of drug-likeness (QED) is 0.757. The van der Waals surface area contributed by atoms with Gasteiger partial charge in [0.1, 0.15) is 6.61 Å². The SMILES string of the molecule is C#CCNS(=O)(=O)CC1CN(C(=O)OCc2ccccc2)CCC1(F)F. The minimum Gasteiger partial charge on any atom is -0.445 e. The van der Waals surface area contributed by atoms with Crippen molar-refractivity contribution in [3.63, 3.8) is 0 Å². The van der Waals surface area contributed by atoms with Gasteiger partial charge in [0.15, 0.2) is 0 Å². The number of piperidine rings is 1. The van der Waals surface area contributed by atoms with E-state index >= 15 is 0 Å². The zero-order chi connectivity index (χ0) is 19.2. The van der Waals surface area contributed by atoms with Crippen LogP contribution >= 0.6 is 0 Å². The molecule has 1 aromatic rings. The minimum atomic E-state index is -3.97. The maximum atomic E-state index is 14.1. The summed E-state index contributed by atoms with van der Waals surface area (Å²) in [5.74, 6) is -3.46. The van der Waals surface area contributed by atoms with Crippen LogP contribution in [0.25, 0.3) is 0 Å². The number of hydrogen-bond donors (Lipinski definition) is 1. The number of nitrogens with zero attached hydrogens (tertiary/aromatic N) is 1. The fourth-order valence-corrected chi connectivity index (χ4v) is 3.91. The Balaban J connectivity index is 1.97. The number of rotatable bonds is 6. The maximum Gasteiger partial charge on any atom is 0.410 e. The van der Waals surface area contributed by atoms with Crippen LogP contribution in [0.3, 0.4) is 0 Å². The zero-order valence-corrected chi connectivity index (χ0v) is 14.8. The van der Waals surface area contributed by atoms with E-state index in [0.717, 1.165) is 10.5 Å². The van der Waals surface area contributed by atoms with Crippen molar-refractivity contribution in [3.05, 3.63) is 35.9 Å². The number of carbonyl (C=O) groups excluding carboxylic acids is 1. The number of amides is 1. The fourth-order valence-electron chi connectivity index (χ4n) is 2.61. The van der Waals surface area contributed by atoms with E-state index in [2.05, 4.69) is 10.6 Å². The summed E-state index contributed by atoms with van der Waals surface area (Å²) in [7, 11) is -3.97. The van der Waals surface area contributed by atoms with Crippen LogP contribution in [0.5, 0.6) is 0 Å². The van der Waals surface area contributed by atoms with Gasteiger partial charge in [-0.05, 0) is 5.56 Å². The lowest BCUT2D eigenvalue weighted by atomic mass is 9.95. The lowest BCUT2D eigenvalue weighted by Crippen LogP contribution is -2.52. The topological polar surface area (TPSA) is 75.7 Å². The highest BCUT2D eigenvalue weighted by molar-refractivity contribution is 7.89. The number of benzene rings is 1. The lowest BCUT2D eigenvalue weighted by Gasteiger charge is -2.37. The molecule has 9 heteroatoms. The second-order valence-corrected chi connectivity index (χ2v) is 7.85. The molecule has 0 spiro atoms. The first-order chi connectivity index (χ1) is 12.2. The second kappa shape index (κ2) is 8.47. The number of ether oxygens (including phenoxy) is 1. The van der Waals surface area contributed by atoms with Crippen LogP contribution in [0.4, 0.5) is 13.6 Å². The van der Waals surface area contributed by atoms with Gasteiger partial charge in [-0.25, -0.2) is 26.7 Å². The van der Waals surface area contributed by atoms with Gasteiger partial charge in [-0.15, -0.1) is 6.42 Å². The number of halogens is 2. The summed E-state index contributed by atoms with van der Waals surface area (Å²) in [6.07, 6.45) is 3.60. The molecule has 142 valence electrons. The van der Waals surface area contributed by atoms with Crippen molar-refractivity contribution in [2.24, 2.45) is 5.92 Å². The standard InChI is InChI=1S/C17H20F2N2O4S/c1-2-9-20-26(23,24)13-15-11-21(10-8-17(15,18)19)16(22)25-12-14-6-4-3-5-7-14/h1,3-7,15,20H,8-13H2. The first-order valence-electron chi connectivity index (χ1n) is 7.98. The van der Waals surface area contributed by atoms with Crippen molar-refractivity contribution in [1.82, 2.24) is 9.62 Å². The summed E-state index contributed by atoms with van der Waals surface area (Å²) in [5.41, 5.74) is 0.765. The summed E-state index contributed by atoms with van der Waals surface area (Å²) in [4.78, 5) is 13.2. The van der Waals surface area contributed by atoms with Crippen LogP contribution in [0.1, 0.15) is 12.0 Å². The molecule has 1 amide bonds. The third-order valence-corrected chi connectivity index (χ3v) is 5.46. The van der Waals surface area contributed by atoms with Gasteiger partial charge in [0, 0.05) is 19.5 Å². The molecule has 1 heterocycles. The predicted octanol–water partition coefficient (Wildman–Crippen LogP) is 1.83. The lowest BCUT2D eigenvalue weighted by molar-refractivity contribution is -0.0940. The summed E-state index contributed by atoms with van der Waals surface area (Å²) in [5, 5.41) is 0. The molecule has 1 atom stereocenters. The third-order valence-electron chi connectivity index (χ3n) is 4.03. The highest BCUT2D eigenvalue weighted by Gasteiger charge is 2.47. The van der Waals surface area contributed by atoms with Gasteiger partial charge in [-0.1, -0.05) is 36.3 Å². The number of carbonyl (C=O) groups is 1. The number of likely N-dealkylation sites (tertiary alicyclic amines) is 1. The second-order valence-electron chi connectivity index (χ2n) is 6.00. The molecule has 1 aliphatic heterocycles. The molecule has 0 aliphatic carbocycles. The molecule has 1 aromatic carbocycles. The summed E-state index contributed by atoms with van der Waals surface area (Å²) < 4.78 is 59.1. The fraction of sp³-hybridized carbons (Fsp3) is 0.471. The number of sulfonamides is 1. The molecule has 0 bridgehead atoms. The Hall–Kier alpha value is -2.18. The van der Waals surface area contributed by atoms with Crippen molar-refractivity contribution in [3.8, 4) is 12.3 Å². The molecule has 0 radical (unpaired) electrons. The average molecular weight is 386 g/mol. The van der Waals surface area contributed by atoms with Crippen LogP contribution in [0.2, 0.25) is 0 Å². The van der Waals surface area contributed by atoms with Crippen LogP contribution in [-0.2, 0) is 21.4 Å². The van der Waals surface area contributed by atoms with Gasteiger partial charge < -0.3 is 9.64 Å². The number of nitrogens with one attached hydrogen (secondary N) is 1. The number of terminal acetylenes is 1. The molecular weight excluding hydrogens is 366 g/mol. The minimum absolute atomic E-state index is 0.0132. The molecule has 1 unspecified atom stereocenters. The first-order valence-corrected chi connectivity index (χ1v) is 9.63. The van der Waals surface area contributed by atoms with E-state index in [1.165, 1.54) is 0 Å². The normalized spacial score (nSPS) is 19.6.